The molecule has 1 aliphatic heterocycles. The van der Waals surface area contributed by atoms with Gasteiger partial charge in [-0.25, -0.2) is 14.8 Å². The zero-order chi connectivity index (χ0) is 19.8. The molecule has 142 valence electrons. The Labute approximate surface area is 165 Å². The van der Waals surface area contributed by atoms with Crippen LogP contribution in [0.2, 0.25) is 0 Å². The first-order valence-electron chi connectivity index (χ1n) is 9.16. The van der Waals surface area contributed by atoms with Crippen molar-refractivity contribution in [1.29, 1.82) is 0 Å². The first kappa shape index (κ1) is 17.2. The normalized spacial score (nSPS) is 15.2. The average molecular weight is 387 g/mol. The fourth-order valence-corrected chi connectivity index (χ4v) is 3.44. The van der Waals surface area contributed by atoms with Crippen LogP contribution in [0.25, 0.3) is 22.5 Å². The molecule has 0 aliphatic carbocycles. The highest BCUT2D eigenvalue weighted by molar-refractivity contribution is 5.86. The highest BCUT2D eigenvalue weighted by Crippen LogP contribution is 2.29. The molecule has 0 saturated carbocycles. The van der Waals surface area contributed by atoms with E-state index in [1.165, 1.54) is 12.3 Å². The number of carbonyl (C=O) groups is 1. The molecule has 5 rings (SSSR count). The molecule has 4 aromatic rings. The van der Waals surface area contributed by atoms with Crippen molar-refractivity contribution in [2.24, 2.45) is 0 Å². The molecule has 0 radical (unpaired) electrons. The van der Waals surface area contributed by atoms with Crippen LogP contribution in [0.15, 0.2) is 77.7 Å². The number of aromatic nitrogens is 3. The van der Waals surface area contributed by atoms with Crippen LogP contribution >= 0.6 is 0 Å². The van der Waals surface area contributed by atoms with Crippen LogP contribution in [0.5, 0.6) is 0 Å². The van der Waals surface area contributed by atoms with Crippen LogP contribution < -0.4 is 9.88 Å². The second-order valence-electron chi connectivity index (χ2n) is 6.75. The van der Waals surface area contributed by atoms with Crippen LogP contribution in [0.4, 0.5) is 10.2 Å². The number of hydrogen-bond acceptors (Lipinski definition) is 5. The molecule has 1 N–H and O–H groups in total. The zero-order valence-corrected chi connectivity index (χ0v) is 15.2. The van der Waals surface area contributed by atoms with Gasteiger partial charge in [0.2, 0.25) is 12.0 Å². The molecule has 0 saturated heterocycles. The smallest absolute Gasteiger partial charge is 0.359 e. The number of pyridine rings is 1. The number of hydrogen-bond donors (Lipinski definition) is 1. The summed E-state index contributed by atoms with van der Waals surface area (Å²) in [4.78, 5) is 21.6. The minimum atomic E-state index is -0.572. The fraction of sp³-hybridized carbons (Fsp3) is 0.0909. The maximum absolute atomic E-state index is 13.3. The summed E-state index contributed by atoms with van der Waals surface area (Å²) in [6.45, 7) is 0. The molecule has 7 heteroatoms. The van der Waals surface area contributed by atoms with E-state index in [4.69, 9.17) is 9.40 Å². The molecule has 0 spiro atoms. The summed E-state index contributed by atoms with van der Waals surface area (Å²) in [5.74, 6) is 0.592. The lowest BCUT2D eigenvalue weighted by Crippen LogP contribution is -2.43. The first-order chi connectivity index (χ1) is 14.2. The Bertz CT molecular complexity index is 1180. The maximum atomic E-state index is 13.3. The Kier molecular flexibility index (Phi) is 4.13. The molecule has 1 aliphatic rings. The van der Waals surface area contributed by atoms with Gasteiger partial charge in [0, 0.05) is 17.3 Å². The Morgan fingerprint density at radius 2 is 1.93 bits per heavy atom. The van der Waals surface area contributed by atoms with E-state index in [-0.39, 0.29) is 5.91 Å². The number of nitrogens with one attached hydrogen (secondary N) is 1. The van der Waals surface area contributed by atoms with E-state index in [1.807, 2.05) is 36.4 Å². The van der Waals surface area contributed by atoms with Crippen molar-refractivity contribution >= 4 is 11.7 Å². The molecule has 1 atom stereocenters. The van der Waals surface area contributed by atoms with Crippen molar-refractivity contribution < 1.29 is 18.2 Å². The molecule has 1 aromatic carbocycles. The van der Waals surface area contributed by atoms with Crippen molar-refractivity contribution in [3.05, 3.63) is 85.0 Å². The summed E-state index contributed by atoms with van der Waals surface area (Å²) in [7, 11) is 0. The molecule has 0 amide bonds. The van der Waals surface area contributed by atoms with Crippen LogP contribution in [0.3, 0.4) is 0 Å². The summed E-state index contributed by atoms with van der Waals surface area (Å²) < 4.78 is 20.3. The van der Waals surface area contributed by atoms with E-state index in [0.717, 1.165) is 5.56 Å². The fourth-order valence-electron chi connectivity index (χ4n) is 3.44. The van der Waals surface area contributed by atoms with E-state index in [0.29, 0.717) is 35.0 Å². The summed E-state index contributed by atoms with van der Waals surface area (Å²) >= 11 is 0. The van der Waals surface area contributed by atoms with Crippen molar-refractivity contribution in [3.8, 4) is 22.5 Å². The van der Waals surface area contributed by atoms with Crippen LogP contribution in [-0.4, -0.2) is 21.9 Å². The van der Waals surface area contributed by atoms with Crippen molar-refractivity contribution in [2.45, 2.75) is 12.5 Å². The molecular formula is C22H16FN4O2+. The number of rotatable bonds is 4. The second-order valence-corrected chi connectivity index (χ2v) is 6.75. The monoisotopic (exact) mass is 387 g/mol. The van der Waals surface area contributed by atoms with Gasteiger partial charge in [0.1, 0.15) is 17.7 Å². The van der Waals surface area contributed by atoms with E-state index in [9.17, 15) is 9.18 Å². The van der Waals surface area contributed by atoms with Gasteiger partial charge in [-0.1, -0.05) is 30.3 Å². The number of halogens is 1. The highest BCUT2D eigenvalue weighted by Gasteiger charge is 2.42. The van der Waals surface area contributed by atoms with Crippen molar-refractivity contribution in [1.82, 2.24) is 9.97 Å². The number of fused-ring (bicyclic) bond motifs is 1. The lowest BCUT2D eigenvalue weighted by molar-refractivity contribution is -0.551. The standard InChI is InChI=1S/C22H15FN4O2/c23-19-9-8-15(12-24-19)20-21-26-17(11-16-7-4-10-29-16)22(28)27(21)13-18(25-20)14-5-2-1-3-6-14/h1-10,12-13,17H,11H2/p+1. The Balaban J connectivity index is 1.63. The molecule has 29 heavy (non-hydrogen) atoms. The maximum Gasteiger partial charge on any atom is 0.359 e. The van der Waals surface area contributed by atoms with Gasteiger partial charge in [0.05, 0.1) is 12.7 Å². The number of anilines is 1. The number of carbonyl (C=O) groups excluding carboxylic acids is 1. The number of nitrogens with zero attached hydrogens (tertiary/aromatic N) is 3. The summed E-state index contributed by atoms with van der Waals surface area (Å²) in [6, 6.07) is 15.6. The van der Waals surface area contributed by atoms with Gasteiger partial charge in [0.25, 0.3) is 0 Å². The quantitative estimate of drug-likeness (QED) is 0.429. The number of furan rings is 1. The molecule has 1 unspecified atom stereocenters. The SMILES string of the molecule is O=C1C(Cc2ccco2)Nc2c(-c3ccc(F)nc3)nc(-c3ccccc3)c[n+]21. The van der Waals surface area contributed by atoms with E-state index < -0.39 is 12.0 Å². The number of benzene rings is 1. The summed E-state index contributed by atoms with van der Waals surface area (Å²) in [5, 5.41) is 3.25. The Hall–Kier alpha value is -3.87. The summed E-state index contributed by atoms with van der Waals surface area (Å²) in [5.41, 5.74) is 2.67. The van der Waals surface area contributed by atoms with Gasteiger partial charge in [-0.2, -0.15) is 8.96 Å². The molecule has 0 fully saturated rings. The highest BCUT2D eigenvalue weighted by atomic mass is 19.1. The van der Waals surface area contributed by atoms with E-state index in [2.05, 4.69) is 10.3 Å². The van der Waals surface area contributed by atoms with Crippen molar-refractivity contribution in [2.75, 3.05) is 5.32 Å². The predicted molar refractivity (Wildman–Crippen MR) is 104 cm³/mol. The molecule has 3 aromatic heterocycles. The van der Waals surface area contributed by atoms with Gasteiger partial charge in [-0.15, -0.1) is 0 Å². The average Bonchev–Trinajstić information content (AvgIpc) is 3.37. The van der Waals surface area contributed by atoms with Crippen LogP contribution in [0, 0.1) is 5.95 Å². The molecular weight excluding hydrogens is 371 g/mol. The largest absolute Gasteiger partial charge is 0.469 e. The van der Waals surface area contributed by atoms with Gasteiger partial charge >= 0.3 is 11.7 Å². The van der Waals surface area contributed by atoms with Crippen LogP contribution in [0.1, 0.15) is 10.6 Å². The third-order valence-corrected chi connectivity index (χ3v) is 4.85. The topological polar surface area (TPSA) is 71.9 Å². The van der Waals surface area contributed by atoms with Crippen molar-refractivity contribution in [3.63, 3.8) is 0 Å². The Morgan fingerprint density at radius 1 is 1.07 bits per heavy atom. The molecule has 4 heterocycles. The summed E-state index contributed by atoms with van der Waals surface area (Å²) in [6.07, 6.45) is 5.14. The van der Waals surface area contributed by atoms with Gasteiger partial charge < -0.3 is 4.42 Å². The lowest BCUT2D eigenvalue weighted by Gasteiger charge is -2.06. The lowest BCUT2D eigenvalue weighted by atomic mass is 10.1. The third-order valence-electron chi connectivity index (χ3n) is 4.85. The van der Waals surface area contributed by atoms with E-state index in [1.54, 1.807) is 29.2 Å². The first-order valence-corrected chi connectivity index (χ1v) is 9.16. The molecule has 0 bridgehead atoms. The van der Waals surface area contributed by atoms with Gasteiger partial charge in [-0.3, -0.25) is 5.32 Å². The van der Waals surface area contributed by atoms with E-state index >= 15 is 0 Å². The minimum Gasteiger partial charge on any atom is -0.469 e. The zero-order valence-electron chi connectivity index (χ0n) is 15.2. The van der Waals surface area contributed by atoms with Gasteiger partial charge in [-0.05, 0) is 24.3 Å². The van der Waals surface area contributed by atoms with Crippen LogP contribution in [-0.2, 0) is 6.42 Å². The Morgan fingerprint density at radius 3 is 2.66 bits per heavy atom. The van der Waals surface area contributed by atoms with Gasteiger partial charge in [0.15, 0.2) is 5.69 Å². The third kappa shape index (κ3) is 3.16. The second kappa shape index (κ2) is 6.94. The minimum absolute atomic E-state index is 0.104. The molecule has 6 nitrogen and oxygen atoms in total. The predicted octanol–water partition coefficient (Wildman–Crippen LogP) is 3.51.